The first-order chi connectivity index (χ1) is 27.1. The summed E-state index contributed by atoms with van der Waals surface area (Å²) >= 11 is 0. The van der Waals surface area contributed by atoms with Crippen LogP contribution in [0.3, 0.4) is 0 Å². The van der Waals surface area contributed by atoms with Gasteiger partial charge in [0.25, 0.3) is 0 Å². The van der Waals surface area contributed by atoms with Crippen LogP contribution >= 0.6 is 0 Å². The molecule has 0 aliphatic carbocycles. The molecule has 56 heavy (non-hydrogen) atoms. The number of piperazine rings is 1. The van der Waals surface area contributed by atoms with E-state index < -0.39 is 30.3 Å². The van der Waals surface area contributed by atoms with Crippen LogP contribution in [0.15, 0.2) is 103 Å². The molecule has 0 unspecified atom stereocenters. The van der Waals surface area contributed by atoms with Gasteiger partial charge < -0.3 is 24.8 Å². The minimum absolute atomic E-state index is 0.0318. The lowest BCUT2D eigenvalue weighted by atomic mass is 9.89. The largest absolute Gasteiger partial charge is 0.471 e. The second-order valence-electron chi connectivity index (χ2n) is 15.0. The van der Waals surface area contributed by atoms with Gasteiger partial charge in [0.15, 0.2) is 6.29 Å². The van der Waals surface area contributed by atoms with E-state index >= 15 is 0 Å². The standard InChI is InChI=1S/C44H49F3N4O5/c1-30-39(28-50-24-22-49(23-25-50)27-31-8-3-2-4-9-31)55-42(56-40(30)34-15-13-32(29-52)14-16-34)35-19-17-33(18-20-35)37-11-6-5-10-36(37)26-48-41(53)38-12-7-21-51(38)43(54)44(45,46)47/h2-6,8-11,13-20,30,38-40,42,52H,7,12,21-29H2,1H3,(H,48,53)/t30-,38-,39+,40+,42+/m0/s1. The van der Waals surface area contributed by atoms with Crippen molar-refractivity contribution < 1.29 is 37.3 Å². The second kappa shape index (κ2) is 17.7. The Labute approximate surface area is 326 Å². The Balaban J connectivity index is 1.04. The van der Waals surface area contributed by atoms with Crippen LogP contribution in [-0.2, 0) is 38.8 Å². The summed E-state index contributed by atoms with van der Waals surface area (Å²) in [5, 5.41) is 12.4. The SMILES string of the molecule is C[C@H]1[C@@H](CN2CCN(Cc3ccccc3)CC2)O[C@@H](c2ccc(-c3ccccc3CNC(=O)[C@@H]3CCCN3C(=O)C(F)(F)F)cc2)O[C@H]1c1ccc(CO)cc1. The maximum Gasteiger partial charge on any atom is 0.471 e. The summed E-state index contributed by atoms with van der Waals surface area (Å²) in [5.41, 5.74) is 6.57. The molecule has 0 bridgehead atoms. The van der Waals surface area contributed by atoms with Crippen LogP contribution in [0.25, 0.3) is 11.1 Å². The fourth-order valence-electron chi connectivity index (χ4n) is 8.08. The predicted molar refractivity (Wildman–Crippen MR) is 206 cm³/mol. The van der Waals surface area contributed by atoms with E-state index in [-0.39, 0.29) is 44.2 Å². The van der Waals surface area contributed by atoms with Crippen molar-refractivity contribution in [3.05, 3.63) is 131 Å². The Bertz CT molecular complexity index is 1920. The molecule has 4 aromatic carbocycles. The number of amides is 2. The van der Waals surface area contributed by atoms with Crippen LogP contribution in [0.2, 0.25) is 0 Å². The van der Waals surface area contributed by atoms with E-state index in [1.165, 1.54) is 5.56 Å². The van der Waals surface area contributed by atoms with Gasteiger partial charge in [-0.2, -0.15) is 13.2 Å². The zero-order valence-corrected chi connectivity index (χ0v) is 31.5. The average Bonchev–Trinajstić information content (AvgIpc) is 3.72. The van der Waals surface area contributed by atoms with Crippen LogP contribution in [0.1, 0.15) is 60.0 Å². The molecule has 3 saturated heterocycles. The van der Waals surface area contributed by atoms with Crippen LogP contribution in [0, 0.1) is 5.92 Å². The van der Waals surface area contributed by atoms with Gasteiger partial charge in [0.2, 0.25) is 5.91 Å². The van der Waals surface area contributed by atoms with E-state index in [2.05, 4.69) is 46.3 Å². The van der Waals surface area contributed by atoms with Crippen LogP contribution in [0.4, 0.5) is 13.2 Å². The quantitative estimate of drug-likeness (QED) is 0.177. The molecule has 2 amide bonds. The van der Waals surface area contributed by atoms with E-state index in [0.29, 0.717) is 11.3 Å². The number of rotatable bonds is 11. The van der Waals surface area contributed by atoms with Crippen molar-refractivity contribution in [3.8, 4) is 11.1 Å². The van der Waals surface area contributed by atoms with Gasteiger partial charge in [0.1, 0.15) is 6.04 Å². The van der Waals surface area contributed by atoms with Crippen molar-refractivity contribution in [2.24, 2.45) is 5.92 Å². The second-order valence-corrected chi connectivity index (χ2v) is 15.0. The van der Waals surface area contributed by atoms with Crippen LogP contribution in [0.5, 0.6) is 0 Å². The van der Waals surface area contributed by atoms with Crippen molar-refractivity contribution in [1.82, 2.24) is 20.0 Å². The van der Waals surface area contributed by atoms with E-state index in [0.717, 1.165) is 72.6 Å². The zero-order chi connectivity index (χ0) is 39.2. The zero-order valence-electron chi connectivity index (χ0n) is 31.5. The number of nitrogens with one attached hydrogen (secondary N) is 1. The number of hydrogen-bond donors (Lipinski definition) is 2. The summed E-state index contributed by atoms with van der Waals surface area (Å²) in [6.45, 7) is 7.69. The van der Waals surface area contributed by atoms with E-state index in [1.54, 1.807) is 0 Å². The van der Waals surface area contributed by atoms with E-state index in [4.69, 9.17) is 9.47 Å². The van der Waals surface area contributed by atoms with Gasteiger partial charge >= 0.3 is 12.1 Å². The lowest BCUT2D eigenvalue weighted by molar-refractivity contribution is -0.276. The molecule has 5 atom stereocenters. The highest BCUT2D eigenvalue weighted by molar-refractivity contribution is 5.90. The Morgan fingerprint density at radius 3 is 2.14 bits per heavy atom. The monoisotopic (exact) mass is 770 g/mol. The number of aliphatic hydroxyl groups is 1. The van der Waals surface area contributed by atoms with Gasteiger partial charge in [-0.1, -0.05) is 110 Å². The lowest BCUT2D eigenvalue weighted by Gasteiger charge is -2.44. The minimum Gasteiger partial charge on any atom is -0.392 e. The van der Waals surface area contributed by atoms with E-state index in [9.17, 15) is 27.9 Å². The molecule has 2 N–H and O–H groups in total. The number of benzene rings is 4. The normalized spacial score (nSPS) is 23.6. The van der Waals surface area contributed by atoms with E-state index in [1.807, 2.05) is 78.9 Å². The topological polar surface area (TPSA) is 94.6 Å². The first kappa shape index (κ1) is 39.6. The van der Waals surface area contributed by atoms with Crippen molar-refractivity contribution in [2.45, 2.75) is 70.2 Å². The van der Waals surface area contributed by atoms with Gasteiger partial charge in [0, 0.05) is 63.8 Å². The first-order valence-corrected chi connectivity index (χ1v) is 19.4. The summed E-state index contributed by atoms with van der Waals surface area (Å²) in [5.74, 6) is -2.53. The summed E-state index contributed by atoms with van der Waals surface area (Å²) < 4.78 is 52.9. The summed E-state index contributed by atoms with van der Waals surface area (Å²) in [6.07, 6.45) is -5.49. The fraction of sp³-hybridized carbons (Fsp3) is 0.409. The minimum atomic E-state index is -5.03. The molecule has 12 heteroatoms. The summed E-state index contributed by atoms with van der Waals surface area (Å²) in [7, 11) is 0. The number of halogens is 3. The van der Waals surface area contributed by atoms with Crippen molar-refractivity contribution in [3.63, 3.8) is 0 Å². The number of alkyl halides is 3. The molecule has 0 aromatic heterocycles. The summed E-state index contributed by atoms with van der Waals surface area (Å²) in [4.78, 5) is 30.6. The van der Waals surface area contributed by atoms with Crippen LogP contribution < -0.4 is 5.32 Å². The number of likely N-dealkylation sites (tertiary alicyclic amines) is 1. The third-order valence-electron chi connectivity index (χ3n) is 11.3. The molecular weight excluding hydrogens is 722 g/mol. The third-order valence-corrected chi connectivity index (χ3v) is 11.3. The number of aliphatic hydroxyl groups excluding tert-OH is 1. The number of carbonyl (C=O) groups excluding carboxylic acids is 2. The molecule has 7 rings (SSSR count). The smallest absolute Gasteiger partial charge is 0.392 e. The highest BCUT2D eigenvalue weighted by atomic mass is 19.4. The Hall–Kier alpha value is -4.59. The molecule has 0 radical (unpaired) electrons. The number of nitrogens with zero attached hydrogens (tertiary/aromatic N) is 3. The lowest BCUT2D eigenvalue weighted by Crippen LogP contribution is -2.51. The molecule has 3 fully saturated rings. The fourth-order valence-corrected chi connectivity index (χ4v) is 8.08. The maximum absolute atomic E-state index is 13.1. The average molecular weight is 771 g/mol. The molecular formula is C44H49F3N4O5. The molecule has 4 aromatic rings. The molecule has 3 aliphatic rings. The Kier molecular flexibility index (Phi) is 12.5. The molecule has 9 nitrogen and oxygen atoms in total. The van der Waals surface area contributed by atoms with Gasteiger partial charge in [-0.15, -0.1) is 0 Å². The first-order valence-electron chi connectivity index (χ1n) is 19.4. The maximum atomic E-state index is 13.1. The Morgan fingerprint density at radius 2 is 1.45 bits per heavy atom. The van der Waals surface area contributed by atoms with Crippen molar-refractivity contribution in [1.29, 1.82) is 0 Å². The number of carbonyl (C=O) groups is 2. The number of hydrogen-bond acceptors (Lipinski definition) is 7. The molecule has 0 saturated carbocycles. The predicted octanol–water partition coefficient (Wildman–Crippen LogP) is 6.62. The number of ether oxygens (including phenoxy) is 2. The third kappa shape index (κ3) is 9.33. The van der Waals surface area contributed by atoms with Gasteiger partial charge in [0.05, 0.1) is 18.8 Å². The van der Waals surface area contributed by atoms with Crippen LogP contribution in [-0.4, -0.2) is 89.2 Å². The molecule has 3 aliphatic heterocycles. The molecule has 0 spiro atoms. The summed E-state index contributed by atoms with van der Waals surface area (Å²) in [6, 6.07) is 32.8. The van der Waals surface area contributed by atoms with Gasteiger partial charge in [-0.05, 0) is 46.2 Å². The molecule has 3 heterocycles. The van der Waals surface area contributed by atoms with Crippen molar-refractivity contribution in [2.75, 3.05) is 39.3 Å². The molecule has 296 valence electrons. The highest BCUT2D eigenvalue weighted by Gasteiger charge is 2.47. The van der Waals surface area contributed by atoms with Gasteiger partial charge in [-0.25, -0.2) is 0 Å². The van der Waals surface area contributed by atoms with Crippen molar-refractivity contribution >= 4 is 11.8 Å². The highest BCUT2D eigenvalue weighted by Crippen LogP contribution is 2.42. The Morgan fingerprint density at radius 1 is 0.786 bits per heavy atom. The van der Waals surface area contributed by atoms with Gasteiger partial charge in [-0.3, -0.25) is 19.4 Å².